The highest BCUT2D eigenvalue weighted by Crippen LogP contribution is 2.25. The second-order valence-electron chi connectivity index (χ2n) is 2.42. The molecule has 0 aliphatic carbocycles. The summed E-state index contributed by atoms with van der Waals surface area (Å²) in [4.78, 5) is 0. The fraction of sp³-hybridized carbons (Fsp3) is 0.250. The summed E-state index contributed by atoms with van der Waals surface area (Å²) in [5.74, 6) is 0. The molecule has 0 radical (unpaired) electrons. The molecule has 0 spiro atoms. The number of benzene rings is 1. The monoisotopic (exact) mass is 205 g/mol. The summed E-state index contributed by atoms with van der Waals surface area (Å²) >= 11 is 11.5. The van der Waals surface area contributed by atoms with Gasteiger partial charge in [0.2, 0.25) is 0 Å². The fourth-order valence-electron chi connectivity index (χ4n) is 0.897. The fourth-order valence-corrected chi connectivity index (χ4v) is 1.32. The summed E-state index contributed by atoms with van der Waals surface area (Å²) in [6.45, 7) is 0.139. The molecule has 0 saturated carbocycles. The molecule has 2 nitrogen and oxygen atoms in total. The molecule has 0 fully saturated rings. The van der Waals surface area contributed by atoms with Crippen LogP contribution in [-0.2, 0) is 0 Å². The quantitative estimate of drug-likeness (QED) is 0.777. The van der Waals surface area contributed by atoms with E-state index in [9.17, 15) is 5.11 Å². The van der Waals surface area contributed by atoms with Crippen LogP contribution in [0.1, 0.15) is 11.7 Å². The van der Waals surface area contributed by atoms with E-state index in [4.69, 9.17) is 28.9 Å². The van der Waals surface area contributed by atoms with Crippen LogP contribution >= 0.6 is 23.2 Å². The van der Waals surface area contributed by atoms with Gasteiger partial charge in [0.25, 0.3) is 0 Å². The van der Waals surface area contributed by atoms with Gasteiger partial charge in [-0.2, -0.15) is 0 Å². The molecule has 0 bridgehead atoms. The van der Waals surface area contributed by atoms with E-state index >= 15 is 0 Å². The Kier molecular flexibility index (Phi) is 3.35. The normalized spacial score (nSPS) is 13.0. The first-order valence-corrected chi connectivity index (χ1v) is 4.24. The van der Waals surface area contributed by atoms with Crippen molar-refractivity contribution in [2.24, 2.45) is 5.73 Å². The van der Waals surface area contributed by atoms with Gasteiger partial charge in [0.05, 0.1) is 6.10 Å². The Bertz CT molecular complexity index is 278. The maximum absolute atomic E-state index is 9.37. The zero-order chi connectivity index (χ0) is 9.14. The van der Waals surface area contributed by atoms with Gasteiger partial charge in [0.1, 0.15) is 0 Å². The van der Waals surface area contributed by atoms with E-state index in [1.54, 1.807) is 18.2 Å². The van der Waals surface area contributed by atoms with Gasteiger partial charge in [0.15, 0.2) is 0 Å². The minimum absolute atomic E-state index is 0.139. The molecule has 0 aromatic heterocycles. The van der Waals surface area contributed by atoms with Crippen molar-refractivity contribution in [3.63, 3.8) is 0 Å². The molecule has 66 valence electrons. The van der Waals surface area contributed by atoms with Gasteiger partial charge < -0.3 is 10.8 Å². The molecule has 0 aliphatic heterocycles. The largest absolute Gasteiger partial charge is 0.387 e. The average Bonchev–Trinajstić information content (AvgIpc) is 2.08. The third-order valence-electron chi connectivity index (χ3n) is 1.54. The van der Waals surface area contributed by atoms with Gasteiger partial charge in [-0.05, 0) is 18.2 Å². The number of hydrogen-bond donors (Lipinski definition) is 2. The van der Waals surface area contributed by atoms with Gasteiger partial charge in [-0.15, -0.1) is 0 Å². The molecule has 1 rings (SSSR count). The highest BCUT2D eigenvalue weighted by molar-refractivity contribution is 6.33. The Morgan fingerprint density at radius 3 is 2.67 bits per heavy atom. The number of halogens is 2. The van der Waals surface area contributed by atoms with Crippen LogP contribution in [0.25, 0.3) is 0 Å². The molecule has 4 heteroatoms. The Morgan fingerprint density at radius 1 is 1.42 bits per heavy atom. The van der Waals surface area contributed by atoms with Gasteiger partial charge in [-0.25, -0.2) is 0 Å². The smallest absolute Gasteiger partial charge is 0.0927 e. The summed E-state index contributed by atoms with van der Waals surface area (Å²) in [5, 5.41) is 10.4. The van der Waals surface area contributed by atoms with Crippen LogP contribution in [0.2, 0.25) is 10.0 Å². The Balaban J connectivity index is 3.04. The number of rotatable bonds is 2. The first kappa shape index (κ1) is 9.81. The second-order valence-corrected chi connectivity index (χ2v) is 3.26. The van der Waals surface area contributed by atoms with Crippen molar-refractivity contribution in [3.05, 3.63) is 33.8 Å². The number of aliphatic hydroxyl groups is 1. The maximum atomic E-state index is 9.37. The molecular formula is C8H9Cl2NO. The lowest BCUT2D eigenvalue weighted by Crippen LogP contribution is -2.11. The van der Waals surface area contributed by atoms with E-state index in [2.05, 4.69) is 0 Å². The van der Waals surface area contributed by atoms with Gasteiger partial charge >= 0.3 is 0 Å². The summed E-state index contributed by atoms with van der Waals surface area (Å²) in [5.41, 5.74) is 5.85. The van der Waals surface area contributed by atoms with E-state index in [1.165, 1.54) is 0 Å². The first-order chi connectivity index (χ1) is 5.65. The Hall–Kier alpha value is -0.280. The SMILES string of the molecule is NC[C@@H](O)c1cc(Cl)ccc1Cl. The topological polar surface area (TPSA) is 46.2 Å². The van der Waals surface area contributed by atoms with Crippen molar-refractivity contribution in [2.45, 2.75) is 6.10 Å². The van der Waals surface area contributed by atoms with Crippen molar-refractivity contribution in [1.82, 2.24) is 0 Å². The standard InChI is InChI=1S/C8H9Cl2NO/c9-5-1-2-7(10)6(3-5)8(12)4-11/h1-3,8,12H,4,11H2/t8-/m1/s1. The number of nitrogens with two attached hydrogens (primary N) is 1. The molecule has 1 aromatic rings. The molecule has 0 unspecified atom stereocenters. The van der Waals surface area contributed by atoms with Crippen molar-refractivity contribution in [1.29, 1.82) is 0 Å². The van der Waals surface area contributed by atoms with Crippen LogP contribution in [0.3, 0.4) is 0 Å². The van der Waals surface area contributed by atoms with Gasteiger partial charge in [-0.1, -0.05) is 23.2 Å². The molecule has 3 N–H and O–H groups in total. The average molecular weight is 206 g/mol. The Morgan fingerprint density at radius 2 is 2.08 bits per heavy atom. The molecule has 0 saturated heterocycles. The summed E-state index contributed by atoms with van der Waals surface area (Å²) < 4.78 is 0. The molecule has 0 aliphatic rings. The van der Waals surface area contributed by atoms with Crippen LogP contribution < -0.4 is 5.73 Å². The second kappa shape index (κ2) is 4.10. The first-order valence-electron chi connectivity index (χ1n) is 3.48. The minimum Gasteiger partial charge on any atom is -0.387 e. The van der Waals surface area contributed by atoms with Crippen LogP contribution in [0.4, 0.5) is 0 Å². The van der Waals surface area contributed by atoms with Crippen LogP contribution in [0, 0.1) is 0 Å². The van der Waals surface area contributed by atoms with E-state index < -0.39 is 6.10 Å². The van der Waals surface area contributed by atoms with Gasteiger partial charge in [-0.3, -0.25) is 0 Å². The molecule has 0 amide bonds. The molecule has 1 atom stereocenters. The van der Waals surface area contributed by atoms with Crippen LogP contribution in [0.5, 0.6) is 0 Å². The number of hydrogen-bond acceptors (Lipinski definition) is 2. The summed E-state index contributed by atoms with van der Waals surface area (Å²) in [6, 6.07) is 4.91. The van der Waals surface area contributed by atoms with Gasteiger partial charge in [0, 0.05) is 22.2 Å². The van der Waals surface area contributed by atoms with Crippen molar-refractivity contribution in [3.8, 4) is 0 Å². The maximum Gasteiger partial charge on any atom is 0.0927 e. The van der Waals surface area contributed by atoms with Crippen molar-refractivity contribution in [2.75, 3.05) is 6.54 Å². The zero-order valence-corrected chi connectivity index (χ0v) is 7.81. The highest BCUT2D eigenvalue weighted by atomic mass is 35.5. The third kappa shape index (κ3) is 2.11. The van der Waals surface area contributed by atoms with E-state index in [0.717, 1.165) is 0 Å². The highest BCUT2D eigenvalue weighted by Gasteiger charge is 2.09. The third-order valence-corrected chi connectivity index (χ3v) is 2.12. The van der Waals surface area contributed by atoms with E-state index in [1.807, 2.05) is 0 Å². The van der Waals surface area contributed by atoms with Crippen LogP contribution in [0.15, 0.2) is 18.2 Å². The van der Waals surface area contributed by atoms with Crippen molar-refractivity contribution >= 4 is 23.2 Å². The minimum atomic E-state index is -0.740. The molecule has 1 aromatic carbocycles. The predicted octanol–water partition coefficient (Wildman–Crippen LogP) is 1.99. The molecular weight excluding hydrogens is 197 g/mol. The summed E-state index contributed by atoms with van der Waals surface area (Å²) in [7, 11) is 0. The Labute approximate surface area is 80.9 Å². The number of aliphatic hydroxyl groups excluding tert-OH is 1. The van der Waals surface area contributed by atoms with Crippen LogP contribution in [-0.4, -0.2) is 11.7 Å². The molecule has 12 heavy (non-hydrogen) atoms. The van der Waals surface area contributed by atoms with E-state index in [-0.39, 0.29) is 6.54 Å². The molecule has 0 heterocycles. The van der Waals surface area contributed by atoms with E-state index in [0.29, 0.717) is 15.6 Å². The van der Waals surface area contributed by atoms with Crippen molar-refractivity contribution < 1.29 is 5.11 Å². The lowest BCUT2D eigenvalue weighted by Gasteiger charge is -2.09. The summed E-state index contributed by atoms with van der Waals surface area (Å²) in [6.07, 6.45) is -0.740. The zero-order valence-electron chi connectivity index (χ0n) is 6.30. The predicted molar refractivity (Wildman–Crippen MR) is 50.5 cm³/mol. The lowest BCUT2D eigenvalue weighted by atomic mass is 10.1. The lowest BCUT2D eigenvalue weighted by molar-refractivity contribution is 0.187.